The Morgan fingerprint density at radius 1 is 0.889 bits per heavy atom. The monoisotopic (exact) mass is 382 g/mol. The number of aliphatic hydroxyl groups is 3. The van der Waals surface area contributed by atoms with Gasteiger partial charge in [-0.15, -0.1) is 0 Å². The van der Waals surface area contributed by atoms with Crippen LogP contribution in [0.1, 0.15) is 77.6 Å². The molecule has 1 aliphatic carbocycles. The molecular weight excluding hydrogens is 340 g/mol. The molecule has 0 amide bonds. The van der Waals surface area contributed by atoms with E-state index in [9.17, 15) is 5.11 Å². The molecule has 0 bridgehead atoms. The third-order valence-corrected chi connectivity index (χ3v) is 5.42. The third-order valence-electron chi connectivity index (χ3n) is 5.42. The Morgan fingerprint density at radius 3 is 2.30 bits per heavy atom. The highest BCUT2D eigenvalue weighted by molar-refractivity contribution is 5.05. The summed E-state index contributed by atoms with van der Waals surface area (Å²) in [5.41, 5.74) is 0. The van der Waals surface area contributed by atoms with Crippen LogP contribution in [-0.4, -0.2) is 47.3 Å². The normalized spacial score (nSPS) is 25.9. The molecule has 27 heavy (non-hydrogen) atoms. The van der Waals surface area contributed by atoms with Gasteiger partial charge in [-0.05, 0) is 57.3 Å². The van der Waals surface area contributed by atoms with Crippen molar-refractivity contribution in [1.29, 1.82) is 0 Å². The fraction of sp³-hybridized carbons (Fsp3) is 0.826. The second-order valence-corrected chi connectivity index (χ2v) is 7.73. The first kappa shape index (κ1) is 24.4. The van der Waals surface area contributed by atoms with Crippen LogP contribution in [0, 0.1) is 11.8 Å². The van der Waals surface area contributed by atoms with Crippen molar-refractivity contribution in [2.24, 2.45) is 11.8 Å². The zero-order valence-corrected chi connectivity index (χ0v) is 17.3. The van der Waals surface area contributed by atoms with Crippen molar-refractivity contribution in [2.75, 3.05) is 19.8 Å². The highest BCUT2D eigenvalue weighted by Crippen LogP contribution is 2.38. The summed E-state index contributed by atoms with van der Waals surface area (Å²) in [6.07, 6.45) is 19.6. The first-order chi connectivity index (χ1) is 13.2. The molecule has 0 spiro atoms. The number of aliphatic hydroxyl groups excluding tert-OH is 3. The van der Waals surface area contributed by atoms with Gasteiger partial charge in [-0.3, -0.25) is 0 Å². The molecule has 0 radical (unpaired) electrons. The van der Waals surface area contributed by atoms with Crippen LogP contribution in [-0.2, 0) is 4.74 Å². The molecule has 1 aliphatic rings. The number of hydrogen-bond acceptors (Lipinski definition) is 4. The van der Waals surface area contributed by atoms with Gasteiger partial charge in [0.1, 0.15) is 0 Å². The van der Waals surface area contributed by atoms with Crippen molar-refractivity contribution in [2.45, 2.75) is 89.8 Å². The zero-order valence-electron chi connectivity index (χ0n) is 17.3. The Kier molecular flexibility index (Phi) is 14.7. The van der Waals surface area contributed by atoms with E-state index in [0.29, 0.717) is 6.61 Å². The predicted molar refractivity (Wildman–Crippen MR) is 112 cm³/mol. The molecule has 1 saturated carbocycles. The summed E-state index contributed by atoms with van der Waals surface area (Å²) in [4.78, 5) is 0. The number of allylic oxidation sites excluding steroid dienone is 3. The van der Waals surface area contributed by atoms with E-state index in [1.807, 2.05) is 0 Å². The number of rotatable bonds is 16. The van der Waals surface area contributed by atoms with Gasteiger partial charge in [0, 0.05) is 32.2 Å². The molecule has 1 fully saturated rings. The average molecular weight is 383 g/mol. The van der Waals surface area contributed by atoms with Crippen LogP contribution in [0.2, 0.25) is 0 Å². The largest absolute Gasteiger partial charge is 0.396 e. The van der Waals surface area contributed by atoms with Gasteiger partial charge in [-0.1, -0.05) is 44.1 Å². The molecule has 1 rings (SSSR count). The lowest BCUT2D eigenvalue weighted by molar-refractivity contribution is 0.0319. The van der Waals surface area contributed by atoms with Gasteiger partial charge in [0.15, 0.2) is 0 Å². The topological polar surface area (TPSA) is 69.9 Å². The van der Waals surface area contributed by atoms with E-state index < -0.39 is 0 Å². The summed E-state index contributed by atoms with van der Waals surface area (Å²) < 4.78 is 6.04. The summed E-state index contributed by atoms with van der Waals surface area (Å²) in [5, 5.41) is 28.2. The summed E-state index contributed by atoms with van der Waals surface area (Å²) >= 11 is 0. The molecule has 3 N–H and O–H groups in total. The maximum atomic E-state index is 10.6. The van der Waals surface area contributed by atoms with Crippen LogP contribution in [0.3, 0.4) is 0 Å². The maximum Gasteiger partial charge on any atom is 0.0666 e. The van der Waals surface area contributed by atoms with Crippen molar-refractivity contribution < 1.29 is 20.1 Å². The van der Waals surface area contributed by atoms with Gasteiger partial charge in [-0.2, -0.15) is 0 Å². The zero-order chi connectivity index (χ0) is 19.7. The molecule has 158 valence electrons. The van der Waals surface area contributed by atoms with E-state index in [4.69, 9.17) is 14.9 Å². The number of hydrogen-bond donors (Lipinski definition) is 3. The molecule has 4 atom stereocenters. The van der Waals surface area contributed by atoms with E-state index in [1.54, 1.807) is 0 Å². The van der Waals surface area contributed by atoms with Crippen LogP contribution < -0.4 is 0 Å². The van der Waals surface area contributed by atoms with Gasteiger partial charge in [0.2, 0.25) is 0 Å². The van der Waals surface area contributed by atoms with Gasteiger partial charge in [0.25, 0.3) is 0 Å². The maximum absolute atomic E-state index is 10.6. The van der Waals surface area contributed by atoms with Crippen molar-refractivity contribution >= 4 is 0 Å². The number of ether oxygens (including phenoxy) is 1. The molecule has 0 aromatic rings. The molecule has 4 nitrogen and oxygen atoms in total. The second-order valence-electron chi connectivity index (χ2n) is 7.73. The van der Waals surface area contributed by atoms with Crippen LogP contribution in [0.25, 0.3) is 0 Å². The van der Waals surface area contributed by atoms with Crippen molar-refractivity contribution in [3.05, 3.63) is 24.3 Å². The van der Waals surface area contributed by atoms with Crippen LogP contribution >= 0.6 is 0 Å². The standard InChI is InChI=1S/C23H42O4/c1-2-18-27-23-19-22(26)20(14-10-7-5-9-13-17-25)21(23)15-11-6-3-4-8-12-16-24/h7,10-11,15,20-26H,2-6,8-9,12-14,16-19H2,1H3/b10-7-,15-11+/t20?,21-,22+,23-/m0/s1. The molecule has 0 saturated heterocycles. The fourth-order valence-corrected chi connectivity index (χ4v) is 3.86. The Hall–Kier alpha value is -0.680. The summed E-state index contributed by atoms with van der Waals surface area (Å²) in [6, 6.07) is 0. The minimum atomic E-state index is -0.298. The molecule has 0 heterocycles. The van der Waals surface area contributed by atoms with Gasteiger partial charge < -0.3 is 20.1 Å². The van der Waals surface area contributed by atoms with E-state index in [1.165, 1.54) is 0 Å². The van der Waals surface area contributed by atoms with Crippen molar-refractivity contribution in [1.82, 2.24) is 0 Å². The second kappa shape index (κ2) is 16.3. The van der Waals surface area contributed by atoms with Gasteiger partial charge in [0.05, 0.1) is 12.2 Å². The highest BCUT2D eigenvalue weighted by atomic mass is 16.5. The molecule has 4 heteroatoms. The molecular formula is C23H42O4. The molecule has 0 aromatic carbocycles. The predicted octanol–water partition coefficient (Wildman–Crippen LogP) is 4.39. The molecule has 0 aliphatic heterocycles. The van der Waals surface area contributed by atoms with Crippen LogP contribution in [0.5, 0.6) is 0 Å². The van der Waals surface area contributed by atoms with Crippen LogP contribution in [0.4, 0.5) is 0 Å². The lowest BCUT2D eigenvalue weighted by Crippen LogP contribution is -2.22. The summed E-state index contributed by atoms with van der Waals surface area (Å²) in [5.74, 6) is 0.512. The lowest BCUT2D eigenvalue weighted by Gasteiger charge is -2.22. The first-order valence-electron chi connectivity index (χ1n) is 11.1. The average Bonchev–Trinajstić information content (AvgIpc) is 2.97. The first-order valence-corrected chi connectivity index (χ1v) is 11.1. The van der Waals surface area contributed by atoms with E-state index >= 15 is 0 Å². The quantitative estimate of drug-likeness (QED) is 0.274. The lowest BCUT2D eigenvalue weighted by atomic mass is 9.89. The number of unbranched alkanes of at least 4 members (excludes halogenated alkanes) is 6. The Bertz CT molecular complexity index is 394. The summed E-state index contributed by atoms with van der Waals surface area (Å²) in [7, 11) is 0. The van der Waals surface area contributed by atoms with E-state index in [2.05, 4.69) is 31.2 Å². The Morgan fingerprint density at radius 2 is 1.56 bits per heavy atom. The van der Waals surface area contributed by atoms with Gasteiger partial charge in [-0.25, -0.2) is 0 Å². The van der Waals surface area contributed by atoms with Crippen molar-refractivity contribution in [3.63, 3.8) is 0 Å². The smallest absolute Gasteiger partial charge is 0.0666 e. The third kappa shape index (κ3) is 10.4. The fourth-order valence-electron chi connectivity index (χ4n) is 3.86. The SMILES string of the molecule is CCCO[C@H]1C[C@@H](O)C(C/C=C\CCCCO)[C@@H]1/C=C/CCCCCCO. The Balaban J connectivity index is 2.51. The van der Waals surface area contributed by atoms with E-state index in [-0.39, 0.29) is 30.7 Å². The molecule has 1 unspecified atom stereocenters. The Labute approximate surface area is 166 Å². The van der Waals surface area contributed by atoms with Gasteiger partial charge >= 0.3 is 0 Å². The highest BCUT2D eigenvalue weighted by Gasteiger charge is 2.40. The van der Waals surface area contributed by atoms with E-state index in [0.717, 1.165) is 77.2 Å². The van der Waals surface area contributed by atoms with Crippen LogP contribution in [0.15, 0.2) is 24.3 Å². The van der Waals surface area contributed by atoms with Crippen molar-refractivity contribution in [3.8, 4) is 0 Å². The minimum Gasteiger partial charge on any atom is -0.396 e. The summed E-state index contributed by atoms with van der Waals surface area (Å²) in [6.45, 7) is 3.43. The molecule has 0 aromatic heterocycles. The minimum absolute atomic E-state index is 0.123.